The van der Waals surface area contributed by atoms with Gasteiger partial charge in [0.2, 0.25) is 0 Å². The molecule has 2 N–H and O–H groups in total. The van der Waals surface area contributed by atoms with Crippen LogP contribution < -0.4 is 10.5 Å². The normalized spacial score (nSPS) is 14.9. The molecule has 0 saturated heterocycles. The molecule has 0 aromatic heterocycles. The molecule has 0 radical (unpaired) electrons. The Morgan fingerprint density at radius 3 is 2.82 bits per heavy atom. The number of hydrogen-bond acceptors (Lipinski definition) is 3. The lowest BCUT2D eigenvalue weighted by Gasteiger charge is -2.08. The van der Waals surface area contributed by atoms with Gasteiger partial charge in [-0.15, -0.1) is 0 Å². The first kappa shape index (κ1) is 12.3. The molecule has 1 aromatic carbocycles. The van der Waals surface area contributed by atoms with Crippen LogP contribution in [0.15, 0.2) is 18.2 Å². The summed E-state index contributed by atoms with van der Waals surface area (Å²) in [6.45, 7) is 1.42. The molecule has 4 heteroatoms. The zero-order valence-corrected chi connectivity index (χ0v) is 9.82. The Morgan fingerprint density at radius 2 is 2.12 bits per heavy atom. The Morgan fingerprint density at radius 1 is 1.29 bits per heavy atom. The molecule has 1 aromatic rings. The van der Waals surface area contributed by atoms with E-state index in [1.807, 2.05) is 0 Å². The van der Waals surface area contributed by atoms with Gasteiger partial charge in [-0.05, 0) is 49.4 Å². The Balaban J connectivity index is 1.80. The molecule has 2 rings (SSSR count). The molecule has 0 atom stereocenters. The highest BCUT2D eigenvalue weighted by molar-refractivity contribution is 5.29. The van der Waals surface area contributed by atoms with E-state index in [1.165, 1.54) is 25.0 Å². The van der Waals surface area contributed by atoms with Crippen LogP contribution in [-0.2, 0) is 11.2 Å². The van der Waals surface area contributed by atoms with Crippen molar-refractivity contribution in [3.63, 3.8) is 0 Å². The maximum absolute atomic E-state index is 13.2. The van der Waals surface area contributed by atoms with Crippen molar-refractivity contribution in [1.29, 1.82) is 0 Å². The molecule has 0 aliphatic heterocycles. The standard InChI is InChI=1S/C13H18FNO2/c14-12-5-11(3-4-15)6-13(7-12)17-9-16-8-10-1-2-10/h5-7,10H,1-4,8-9,15H2. The van der Waals surface area contributed by atoms with Crippen molar-refractivity contribution in [1.82, 2.24) is 0 Å². The predicted octanol–water partition coefficient (Wildman–Crippen LogP) is 2.09. The van der Waals surface area contributed by atoms with Gasteiger partial charge in [-0.2, -0.15) is 0 Å². The number of nitrogens with two attached hydrogens (primary N) is 1. The van der Waals surface area contributed by atoms with E-state index in [9.17, 15) is 4.39 Å². The minimum Gasteiger partial charge on any atom is -0.467 e. The van der Waals surface area contributed by atoms with Crippen molar-refractivity contribution >= 4 is 0 Å². The summed E-state index contributed by atoms with van der Waals surface area (Å²) in [7, 11) is 0. The zero-order valence-electron chi connectivity index (χ0n) is 9.82. The highest BCUT2D eigenvalue weighted by Gasteiger charge is 2.21. The summed E-state index contributed by atoms with van der Waals surface area (Å²) in [5.41, 5.74) is 6.29. The van der Waals surface area contributed by atoms with Crippen molar-refractivity contribution < 1.29 is 13.9 Å². The fraction of sp³-hybridized carbons (Fsp3) is 0.538. The topological polar surface area (TPSA) is 44.5 Å². The van der Waals surface area contributed by atoms with Gasteiger partial charge in [0, 0.05) is 6.07 Å². The van der Waals surface area contributed by atoms with Gasteiger partial charge in [-0.3, -0.25) is 0 Å². The fourth-order valence-corrected chi connectivity index (χ4v) is 1.62. The van der Waals surface area contributed by atoms with E-state index in [0.29, 0.717) is 24.6 Å². The third-order valence-corrected chi connectivity index (χ3v) is 2.72. The second-order valence-electron chi connectivity index (χ2n) is 4.41. The number of halogens is 1. The van der Waals surface area contributed by atoms with Crippen LogP contribution in [-0.4, -0.2) is 19.9 Å². The summed E-state index contributed by atoms with van der Waals surface area (Å²) in [5, 5.41) is 0. The highest BCUT2D eigenvalue weighted by Crippen LogP contribution is 2.28. The maximum atomic E-state index is 13.2. The summed E-state index contributed by atoms with van der Waals surface area (Å²) < 4.78 is 23.9. The summed E-state index contributed by atoms with van der Waals surface area (Å²) in [4.78, 5) is 0. The Kier molecular flexibility index (Phi) is 4.34. The van der Waals surface area contributed by atoms with Crippen LogP contribution in [0.3, 0.4) is 0 Å². The predicted molar refractivity (Wildman–Crippen MR) is 63.3 cm³/mol. The van der Waals surface area contributed by atoms with Gasteiger partial charge >= 0.3 is 0 Å². The van der Waals surface area contributed by atoms with Crippen LogP contribution in [0, 0.1) is 11.7 Å². The number of hydrogen-bond donors (Lipinski definition) is 1. The van der Waals surface area contributed by atoms with Gasteiger partial charge in [-0.25, -0.2) is 4.39 Å². The molecule has 0 spiro atoms. The molecule has 0 unspecified atom stereocenters. The second-order valence-corrected chi connectivity index (χ2v) is 4.41. The average molecular weight is 239 g/mol. The maximum Gasteiger partial charge on any atom is 0.189 e. The van der Waals surface area contributed by atoms with Crippen LogP contribution in [0.1, 0.15) is 18.4 Å². The van der Waals surface area contributed by atoms with Crippen LogP contribution in [0.5, 0.6) is 5.75 Å². The van der Waals surface area contributed by atoms with Crippen molar-refractivity contribution in [3.8, 4) is 5.75 Å². The lowest BCUT2D eigenvalue weighted by molar-refractivity contribution is 0.00980. The molecule has 1 saturated carbocycles. The third-order valence-electron chi connectivity index (χ3n) is 2.72. The van der Waals surface area contributed by atoms with Crippen molar-refractivity contribution in [2.45, 2.75) is 19.3 Å². The van der Waals surface area contributed by atoms with Crippen LogP contribution in [0.25, 0.3) is 0 Å². The first-order valence-corrected chi connectivity index (χ1v) is 5.98. The third kappa shape index (κ3) is 4.32. The lowest BCUT2D eigenvalue weighted by Crippen LogP contribution is -2.07. The first-order chi connectivity index (χ1) is 8.28. The monoisotopic (exact) mass is 239 g/mol. The molecule has 0 bridgehead atoms. The van der Waals surface area contributed by atoms with Gasteiger partial charge in [0.15, 0.2) is 6.79 Å². The van der Waals surface area contributed by atoms with Gasteiger partial charge in [-0.1, -0.05) is 0 Å². The molecule has 1 aliphatic rings. The second kappa shape index (κ2) is 5.98. The quantitative estimate of drug-likeness (QED) is 0.585. The number of rotatable bonds is 7. The van der Waals surface area contributed by atoms with Crippen LogP contribution >= 0.6 is 0 Å². The summed E-state index contributed by atoms with van der Waals surface area (Å²) >= 11 is 0. The number of benzene rings is 1. The Labute approximate surface area is 101 Å². The van der Waals surface area contributed by atoms with Crippen molar-refractivity contribution in [2.24, 2.45) is 11.7 Å². The van der Waals surface area contributed by atoms with E-state index in [1.54, 1.807) is 6.07 Å². The average Bonchev–Trinajstić information content (AvgIpc) is 3.08. The molecule has 94 valence electrons. The van der Waals surface area contributed by atoms with Crippen LogP contribution in [0.4, 0.5) is 4.39 Å². The van der Waals surface area contributed by atoms with Crippen molar-refractivity contribution in [3.05, 3.63) is 29.6 Å². The molecule has 0 amide bonds. The molecule has 3 nitrogen and oxygen atoms in total. The molecular formula is C13H18FNO2. The summed E-state index contributed by atoms with van der Waals surface area (Å²) in [6.07, 6.45) is 3.15. The van der Waals surface area contributed by atoms with Gasteiger partial charge < -0.3 is 15.2 Å². The highest BCUT2D eigenvalue weighted by atomic mass is 19.1. The molecule has 0 heterocycles. The lowest BCUT2D eigenvalue weighted by atomic mass is 10.1. The van der Waals surface area contributed by atoms with E-state index in [4.69, 9.17) is 15.2 Å². The van der Waals surface area contributed by atoms with E-state index in [2.05, 4.69) is 0 Å². The van der Waals surface area contributed by atoms with Gasteiger partial charge in [0.05, 0.1) is 6.61 Å². The molecular weight excluding hydrogens is 221 g/mol. The van der Waals surface area contributed by atoms with E-state index in [-0.39, 0.29) is 12.6 Å². The van der Waals surface area contributed by atoms with Gasteiger partial charge in [0.1, 0.15) is 11.6 Å². The smallest absolute Gasteiger partial charge is 0.189 e. The summed E-state index contributed by atoms with van der Waals surface area (Å²) in [5.74, 6) is 0.913. The Hall–Kier alpha value is -1.13. The molecule has 1 fully saturated rings. The summed E-state index contributed by atoms with van der Waals surface area (Å²) in [6, 6.07) is 4.64. The first-order valence-electron chi connectivity index (χ1n) is 5.98. The molecule has 17 heavy (non-hydrogen) atoms. The van der Waals surface area contributed by atoms with E-state index < -0.39 is 0 Å². The SMILES string of the molecule is NCCc1cc(F)cc(OCOCC2CC2)c1. The van der Waals surface area contributed by atoms with Crippen molar-refractivity contribution in [2.75, 3.05) is 19.9 Å². The minimum absolute atomic E-state index is 0.183. The fourth-order valence-electron chi connectivity index (χ4n) is 1.62. The molecule has 1 aliphatic carbocycles. The Bertz CT molecular complexity index is 366. The van der Waals surface area contributed by atoms with E-state index in [0.717, 1.165) is 12.2 Å². The largest absolute Gasteiger partial charge is 0.467 e. The van der Waals surface area contributed by atoms with Gasteiger partial charge in [0.25, 0.3) is 0 Å². The van der Waals surface area contributed by atoms with Crippen LogP contribution in [0.2, 0.25) is 0 Å². The zero-order chi connectivity index (χ0) is 12.1. The van der Waals surface area contributed by atoms with E-state index >= 15 is 0 Å². The number of ether oxygens (including phenoxy) is 2. The minimum atomic E-state index is -0.298.